The molecule has 118 valence electrons. The number of nitrogens with zero attached hydrogens (tertiary/aromatic N) is 1. The molecule has 0 bridgehead atoms. The molecule has 2 aromatic rings. The Labute approximate surface area is 131 Å². The third kappa shape index (κ3) is 3.75. The minimum absolute atomic E-state index is 0.0366. The van der Waals surface area contributed by atoms with Gasteiger partial charge in [-0.25, -0.2) is 4.39 Å². The van der Waals surface area contributed by atoms with Crippen molar-refractivity contribution < 1.29 is 9.18 Å². The maximum atomic E-state index is 13.1. The fourth-order valence-electron chi connectivity index (χ4n) is 2.62. The maximum absolute atomic E-state index is 13.1. The van der Waals surface area contributed by atoms with E-state index in [0.29, 0.717) is 6.54 Å². The van der Waals surface area contributed by atoms with E-state index in [1.165, 1.54) is 12.1 Å². The van der Waals surface area contributed by atoms with Crippen LogP contribution in [-0.4, -0.2) is 10.5 Å². The number of benzene rings is 1. The average Bonchev–Trinajstić information content (AvgIpc) is 2.77. The molecular formula is C18H23FN2O. The zero-order valence-electron chi connectivity index (χ0n) is 13.6. The van der Waals surface area contributed by atoms with E-state index >= 15 is 0 Å². The van der Waals surface area contributed by atoms with Crippen molar-refractivity contribution in [2.45, 2.75) is 40.3 Å². The van der Waals surface area contributed by atoms with Crippen LogP contribution in [0, 0.1) is 25.6 Å². The molecule has 1 amide bonds. The van der Waals surface area contributed by atoms with Gasteiger partial charge in [0.25, 0.3) is 0 Å². The number of aromatic nitrogens is 1. The molecule has 0 unspecified atom stereocenters. The summed E-state index contributed by atoms with van der Waals surface area (Å²) in [4.78, 5) is 12.4. The van der Waals surface area contributed by atoms with Gasteiger partial charge in [0.1, 0.15) is 12.4 Å². The summed E-state index contributed by atoms with van der Waals surface area (Å²) in [6.45, 7) is 8.36. The third-order valence-corrected chi connectivity index (χ3v) is 3.93. The number of rotatable bonds is 5. The van der Waals surface area contributed by atoms with E-state index in [-0.39, 0.29) is 23.7 Å². The van der Waals surface area contributed by atoms with Gasteiger partial charge in [-0.15, -0.1) is 0 Å². The molecular weight excluding hydrogens is 279 g/mol. The molecule has 0 aliphatic heterocycles. The van der Waals surface area contributed by atoms with E-state index < -0.39 is 0 Å². The first-order chi connectivity index (χ1) is 10.4. The molecule has 0 spiro atoms. The van der Waals surface area contributed by atoms with Gasteiger partial charge in [-0.3, -0.25) is 4.79 Å². The van der Waals surface area contributed by atoms with Crippen molar-refractivity contribution in [2.75, 3.05) is 0 Å². The van der Waals surface area contributed by atoms with Crippen molar-refractivity contribution in [1.82, 2.24) is 9.88 Å². The fourth-order valence-corrected chi connectivity index (χ4v) is 2.62. The summed E-state index contributed by atoms with van der Waals surface area (Å²) < 4.78 is 15.0. The second kappa shape index (κ2) is 6.77. The lowest BCUT2D eigenvalue weighted by molar-refractivity contribution is -0.122. The van der Waals surface area contributed by atoms with Crippen LogP contribution in [0.2, 0.25) is 0 Å². The van der Waals surface area contributed by atoms with Crippen LogP contribution in [0.5, 0.6) is 0 Å². The lowest BCUT2D eigenvalue weighted by Crippen LogP contribution is -2.34. The highest BCUT2D eigenvalue weighted by atomic mass is 19.1. The molecule has 1 aromatic carbocycles. The largest absolute Gasteiger partial charge is 0.347 e. The van der Waals surface area contributed by atoms with Gasteiger partial charge in [0.2, 0.25) is 5.91 Å². The minimum atomic E-state index is -0.267. The lowest BCUT2D eigenvalue weighted by atomic mass is 9.96. The molecule has 1 N–H and O–H groups in total. The Bertz CT molecular complexity index is 624. The van der Waals surface area contributed by atoms with Crippen molar-refractivity contribution in [3.05, 3.63) is 59.2 Å². The number of hydrogen-bond donors (Lipinski definition) is 1. The van der Waals surface area contributed by atoms with Crippen LogP contribution in [0.1, 0.15) is 36.8 Å². The molecule has 0 aliphatic carbocycles. The monoisotopic (exact) mass is 302 g/mol. The Hall–Kier alpha value is -2.10. The van der Waals surface area contributed by atoms with Crippen molar-refractivity contribution in [3.8, 4) is 0 Å². The van der Waals surface area contributed by atoms with Crippen molar-refractivity contribution in [3.63, 3.8) is 0 Å². The van der Waals surface area contributed by atoms with Crippen LogP contribution in [0.3, 0.4) is 0 Å². The van der Waals surface area contributed by atoms with E-state index in [9.17, 15) is 9.18 Å². The van der Waals surface area contributed by atoms with Gasteiger partial charge in [0, 0.05) is 11.4 Å². The Balaban J connectivity index is 2.11. The van der Waals surface area contributed by atoms with Gasteiger partial charge in [0.05, 0.1) is 6.04 Å². The van der Waals surface area contributed by atoms with Crippen LogP contribution in [0.4, 0.5) is 4.39 Å². The molecule has 22 heavy (non-hydrogen) atoms. The molecule has 0 radical (unpaired) electrons. The van der Waals surface area contributed by atoms with Crippen molar-refractivity contribution in [1.29, 1.82) is 0 Å². The first-order valence-corrected chi connectivity index (χ1v) is 7.56. The maximum Gasteiger partial charge on any atom is 0.240 e. The highest BCUT2D eigenvalue weighted by Crippen LogP contribution is 2.22. The first-order valence-electron chi connectivity index (χ1n) is 7.56. The molecule has 2 rings (SSSR count). The van der Waals surface area contributed by atoms with Gasteiger partial charge >= 0.3 is 0 Å². The summed E-state index contributed by atoms with van der Waals surface area (Å²) in [5.74, 6) is -0.0807. The highest BCUT2D eigenvalue weighted by molar-refractivity contribution is 5.76. The van der Waals surface area contributed by atoms with Crippen LogP contribution in [0.15, 0.2) is 36.4 Å². The van der Waals surface area contributed by atoms with Crippen molar-refractivity contribution in [2.24, 2.45) is 5.92 Å². The smallest absolute Gasteiger partial charge is 0.240 e. The summed E-state index contributed by atoms with van der Waals surface area (Å²) in [6.07, 6.45) is 0. The van der Waals surface area contributed by atoms with Crippen LogP contribution < -0.4 is 5.32 Å². The summed E-state index contributed by atoms with van der Waals surface area (Å²) in [6, 6.07) is 10.2. The topological polar surface area (TPSA) is 34.0 Å². The summed E-state index contributed by atoms with van der Waals surface area (Å²) >= 11 is 0. The van der Waals surface area contributed by atoms with Gasteiger partial charge in [-0.1, -0.05) is 26.0 Å². The molecule has 0 saturated heterocycles. The van der Waals surface area contributed by atoms with E-state index in [0.717, 1.165) is 17.0 Å². The van der Waals surface area contributed by atoms with Gasteiger partial charge in [0.15, 0.2) is 0 Å². The number of halogens is 1. The normalized spacial score (nSPS) is 12.5. The number of nitrogens with one attached hydrogen (secondary N) is 1. The number of hydrogen-bond acceptors (Lipinski definition) is 1. The molecule has 1 heterocycles. The predicted molar refractivity (Wildman–Crippen MR) is 86.0 cm³/mol. The van der Waals surface area contributed by atoms with Crippen LogP contribution in [-0.2, 0) is 11.3 Å². The number of aryl methyl sites for hydroxylation is 2. The first kappa shape index (κ1) is 16.3. The number of carbonyl (C=O) groups excluding carboxylic acids is 1. The zero-order chi connectivity index (χ0) is 16.3. The standard InChI is InChI=1S/C18H23FN2O/c1-12(2)18(15-7-9-16(19)10-8-15)20-17(22)11-21-13(3)5-6-14(21)4/h5-10,12,18H,11H2,1-4H3,(H,20,22)/t18-/m1/s1. The summed E-state index contributed by atoms with van der Waals surface area (Å²) in [5, 5.41) is 3.06. The Morgan fingerprint density at radius 1 is 1.09 bits per heavy atom. The molecule has 0 saturated carbocycles. The van der Waals surface area contributed by atoms with E-state index in [1.807, 2.05) is 44.4 Å². The quantitative estimate of drug-likeness (QED) is 0.896. The van der Waals surface area contributed by atoms with E-state index in [4.69, 9.17) is 0 Å². The highest BCUT2D eigenvalue weighted by Gasteiger charge is 2.19. The van der Waals surface area contributed by atoms with Gasteiger partial charge < -0.3 is 9.88 Å². The zero-order valence-corrected chi connectivity index (χ0v) is 13.6. The lowest BCUT2D eigenvalue weighted by Gasteiger charge is -2.23. The molecule has 0 aliphatic rings. The van der Waals surface area contributed by atoms with Gasteiger partial charge in [-0.05, 0) is 49.6 Å². The van der Waals surface area contributed by atoms with Gasteiger partial charge in [-0.2, -0.15) is 0 Å². The second-order valence-corrected chi connectivity index (χ2v) is 6.04. The third-order valence-electron chi connectivity index (χ3n) is 3.93. The predicted octanol–water partition coefficient (Wildman–Crippen LogP) is 3.76. The molecule has 4 heteroatoms. The van der Waals surface area contributed by atoms with Crippen LogP contribution in [0.25, 0.3) is 0 Å². The van der Waals surface area contributed by atoms with Crippen molar-refractivity contribution >= 4 is 5.91 Å². The average molecular weight is 302 g/mol. The number of carbonyl (C=O) groups is 1. The molecule has 1 atom stereocenters. The Morgan fingerprint density at radius 2 is 1.64 bits per heavy atom. The molecule has 0 fully saturated rings. The summed E-state index contributed by atoms with van der Waals surface area (Å²) in [5.41, 5.74) is 3.05. The van der Waals surface area contributed by atoms with Crippen LogP contribution >= 0.6 is 0 Å². The Kier molecular flexibility index (Phi) is 5.01. The molecule has 1 aromatic heterocycles. The van der Waals surface area contributed by atoms with E-state index in [1.54, 1.807) is 12.1 Å². The summed E-state index contributed by atoms with van der Waals surface area (Å²) in [7, 11) is 0. The Morgan fingerprint density at radius 3 is 2.14 bits per heavy atom. The minimum Gasteiger partial charge on any atom is -0.347 e. The SMILES string of the molecule is Cc1ccc(C)n1CC(=O)N[C@@H](c1ccc(F)cc1)C(C)C. The molecule has 3 nitrogen and oxygen atoms in total. The fraction of sp³-hybridized carbons (Fsp3) is 0.389. The second-order valence-electron chi connectivity index (χ2n) is 6.04. The number of amides is 1. The van der Waals surface area contributed by atoms with E-state index in [2.05, 4.69) is 5.32 Å².